The minimum Gasteiger partial charge on any atom is -0.395 e. The van der Waals surface area contributed by atoms with Gasteiger partial charge in [-0.15, -0.1) is 0 Å². The Morgan fingerprint density at radius 1 is 1.70 bits per heavy atom. The summed E-state index contributed by atoms with van der Waals surface area (Å²) in [5, 5.41) is 11.8. The molecule has 1 aliphatic heterocycles. The Labute approximate surface area is 61.3 Å². The molecule has 1 atom stereocenters. The Kier molecular flexibility index (Phi) is 2.57. The van der Waals surface area contributed by atoms with Crippen LogP contribution in [0.4, 0.5) is 0 Å². The molecular weight excluding hydrogens is 128 g/mol. The minimum atomic E-state index is 0.225. The average Bonchev–Trinajstić information content (AvgIpc) is 2.36. The highest BCUT2D eigenvalue weighted by atomic mass is 16.3. The van der Waals surface area contributed by atoms with Gasteiger partial charge in [0, 0.05) is 18.9 Å². The maximum absolute atomic E-state index is 8.64. The number of aliphatic hydroxyl groups is 1. The average molecular weight is 142 g/mol. The van der Waals surface area contributed by atoms with Gasteiger partial charge in [-0.25, -0.2) is 0 Å². The van der Waals surface area contributed by atoms with Crippen molar-refractivity contribution in [3.63, 3.8) is 0 Å². The zero-order chi connectivity index (χ0) is 7.40. The third-order valence-corrected chi connectivity index (χ3v) is 1.70. The van der Waals surface area contributed by atoms with Crippen molar-refractivity contribution in [3.8, 4) is 0 Å². The van der Waals surface area contributed by atoms with E-state index in [1.54, 1.807) is 0 Å². The van der Waals surface area contributed by atoms with Gasteiger partial charge in [0.15, 0.2) is 0 Å². The summed E-state index contributed by atoms with van der Waals surface area (Å²) in [6.07, 6.45) is 5.36. The summed E-state index contributed by atoms with van der Waals surface area (Å²) in [5.74, 6) is 0. The standard InChI is InChI=1S/C7H14N2O/c1-2-7-8-3-4-9(7)5-6-10/h3-4,7-8,10H,2,5-6H2,1H3. The lowest BCUT2D eigenvalue weighted by Crippen LogP contribution is -2.36. The van der Waals surface area contributed by atoms with Gasteiger partial charge in [0.25, 0.3) is 0 Å². The first-order valence-corrected chi connectivity index (χ1v) is 3.67. The highest BCUT2D eigenvalue weighted by Gasteiger charge is 2.14. The molecule has 1 aliphatic rings. The number of nitrogens with zero attached hydrogens (tertiary/aromatic N) is 1. The SMILES string of the molecule is CCC1NC=CN1CCO. The Hall–Kier alpha value is -0.700. The fourth-order valence-corrected chi connectivity index (χ4v) is 1.15. The van der Waals surface area contributed by atoms with E-state index in [4.69, 9.17) is 5.11 Å². The zero-order valence-electron chi connectivity index (χ0n) is 6.25. The van der Waals surface area contributed by atoms with E-state index in [1.165, 1.54) is 0 Å². The van der Waals surface area contributed by atoms with E-state index in [1.807, 2.05) is 12.4 Å². The fourth-order valence-electron chi connectivity index (χ4n) is 1.15. The molecule has 1 heterocycles. The van der Waals surface area contributed by atoms with Crippen molar-refractivity contribution in [3.05, 3.63) is 12.4 Å². The highest BCUT2D eigenvalue weighted by molar-refractivity contribution is 4.93. The van der Waals surface area contributed by atoms with Crippen LogP contribution in [0.2, 0.25) is 0 Å². The molecule has 0 fully saturated rings. The van der Waals surface area contributed by atoms with Crippen LogP contribution in [0.15, 0.2) is 12.4 Å². The number of aliphatic hydroxyl groups excluding tert-OH is 1. The summed E-state index contributed by atoms with van der Waals surface area (Å²) in [4.78, 5) is 2.10. The second kappa shape index (κ2) is 3.46. The van der Waals surface area contributed by atoms with E-state index < -0.39 is 0 Å². The Balaban J connectivity index is 2.33. The molecule has 0 saturated heterocycles. The number of nitrogens with one attached hydrogen (secondary N) is 1. The van der Waals surface area contributed by atoms with E-state index in [9.17, 15) is 0 Å². The molecule has 1 unspecified atom stereocenters. The van der Waals surface area contributed by atoms with Crippen molar-refractivity contribution < 1.29 is 5.11 Å². The number of hydrogen-bond acceptors (Lipinski definition) is 3. The second-order valence-electron chi connectivity index (χ2n) is 2.37. The second-order valence-corrected chi connectivity index (χ2v) is 2.37. The lowest BCUT2D eigenvalue weighted by molar-refractivity contribution is 0.199. The van der Waals surface area contributed by atoms with E-state index in [0.717, 1.165) is 13.0 Å². The zero-order valence-corrected chi connectivity index (χ0v) is 6.25. The van der Waals surface area contributed by atoms with Gasteiger partial charge in [-0.3, -0.25) is 0 Å². The first kappa shape index (κ1) is 7.41. The number of rotatable bonds is 3. The molecule has 0 bridgehead atoms. The molecule has 0 saturated carbocycles. The van der Waals surface area contributed by atoms with Gasteiger partial charge < -0.3 is 15.3 Å². The van der Waals surface area contributed by atoms with Gasteiger partial charge in [-0.2, -0.15) is 0 Å². The lowest BCUT2D eigenvalue weighted by Gasteiger charge is -2.23. The third-order valence-electron chi connectivity index (χ3n) is 1.70. The van der Waals surface area contributed by atoms with Crippen molar-refractivity contribution in [2.24, 2.45) is 0 Å². The largest absolute Gasteiger partial charge is 0.395 e. The quantitative estimate of drug-likeness (QED) is 0.586. The summed E-state index contributed by atoms with van der Waals surface area (Å²) in [6, 6.07) is 0. The van der Waals surface area contributed by atoms with Crippen LogP contribution >= 0.6 is 0 Å². The predicted molar refractivity (Wildman–Crippen MR) is 40.1 cm³/mol. The molecule has 0 aliphatic carbocycles. The maximum Gasteiger partial charge on any atom is 0.0979 e. The summed E-state index contributed by atoms with van der Waals surface area (Å²) < 4.78 is 0. The molecule has 3 nitrogen and oxygen atoms in total. The van der Waals surface area contributed by atoms with Crippen molar-refractivity contribution in [2.45, 2.75) is 19.5 Å². The Morgan fingerprint density at radius 2 is 2.50 bits per heavy atom. The number of β-amino-alcohol motifs (C(OH)–C–C–N with tert-alkyl or cyclic N) is 1. The number of hydrogen-bond donors (Lipinski definition) is 2. The molecule has 10 heavy (non-hydrogen) atoms. The van der Waals surface area contributed by atoms with Crippen LogP contribution in [-0.2, 0) is 0 Å². The fraction of sp³-hybridized carbons (Fsp3) is 0.714. The molecule has 1 rings (SSSR count). The highest BCUT2D eigenvalue weighted by Crippen LogP contribution is 2.06. The lowest BCUT2D eigenvalue weighted by atomic mass is 10.3. The van der Waals surface area contributed by atoms with Gasteiger partial charge in [-0.1, -0.05) is 6.92 Å². The molecule has 0 aromatic carbocycles. The van der Waals surface area contributed by atoms with Gasteiger partial charge >= 0.3 is 0 Å². The molecular formula is C7H14N2O. The molecule has 2 N–H and O–H groups in total. The topological polar surface area (TPSA) is 35.5 Å². The van der Waals surface area contributed by atoms with Gasteiger partial charge in [0.2, 0.25) is 0 Å². The van der Waals surface area contributed by atoms with Crippen LogP contribution in [0.5, 0.6) is 0 Å². The summed E-state index contributed by atoms with van der Waals surface area (Å²) in [6.45, 7) is 3.07. The molecule has 3 heteroatoms. The van der Waals surface area contributed by atoms with Gasteiger partial charge in [0.05, 0.1) is 12.8 Å². The Bertz CT molecular complexity index is 125. The molecule has 58 valence electrons. The van der Waals surface area contributed by atoms with Crippen LogP contribution in [0, 0.1) is 0 Å². The first-order chi connectivity index (χ1) is 4.88. The monoisotopic (exact) mass is 142 g/mol. The summed E-state index contributed by atoms with van der Waals surface area (Å²) in [5.41, 5.74) is 0. The van der Waals surface area contributed by atoms with Crippen molar-refractivity contribution in [1.29, 1.82) is 0 Å². The van der Waals surface area contributed by atoms with Crippen LogP contribution in [0.1, 0.15) is 13.3 Å². The van der Waals surface area contributed by atoms with E-state index >= 15 is 0 Å². The third kappa shape index (κ3) is 1.42. The van der Waals surface area contributed by atoms with Crippen LogP contribution in [-0.4, -0.2) is 29.3 Å². The van der Waals surface area contributed by atoms with Crippen molar-refractivity contribution >= 4 is 0 Å². The first-order valence-electron chi connectivity index (χ1n) is 3.67. The molecule has 0 amide bonds. The maximum atomic E-state index is 8.64. The summed E-state index contributed by atoms with van der Waals surface area (Å²) in [7, 11) is 0. The smallest absolute Gasteiger partial charge is 0.0979 e. The normalized spacial score (nSPS) is 23.4. The van der Waals surface area contributed by atoms with Crippen LogP contribution < -0.4 is 5.32 Å². The van der Waals surface area contributed by atoms with Crippen LogP contribution in [0.25, 0.3) is 0 Å². The van der Waals surface area contributed by atoms with Crippen molar-refractivity contribution in [1.82, 2.24) is 10.2 Å². The summed E-state index contributed by atoms with van der Waals surface area (Å²) >= 11 is 0. The molecule has 0 radical (unpaired) electrons. The van der Waals surface area contributed by atoms with Crippen LogP contribution in [0.3, 0.4) is 0 Å². The van der Waals surface area contributed by atoms with Gasteiger partial charge in [0.1, 0.15) is 0 Å². The van der Waals surface area contributed by atoms with E-state index in [2.05, 4.69) is 17.1 Å². The van der Waals surface area contributed by atoms with Crippen molar-refractivity contribution in [2.75, 3.05) is 13.2 Å². The minimum absolute atomic E-state index is 0.225. The van der Waals surface area contributed by atoms with Gasteiger partial charge in [-0.05, 0) is 6.42 Å². The molecule has 0 aromatic rings. The Morgan fingerprint density at radius 3 is 3.10 bits per heavy atom. The van der Waals surface area contributed by atoms with E-state index in [-0.39, 0.29) is 6.61 Å². The van der Waals surface area contributed by atoms with E-state index in [0.29, 0.717) is 6.17 Å². The predicted octanol–water partition coefficient (Wildman–Crippen LogP) is 0.0912. The molecule has 0 spiro atoms. The molecule has 0 aromatic heterocycles.